The molecule has 1 atom stereocenters. The highest BCUT2D eigenvalue weighted by molar-refractivity contribution is 7.89. The molecule has 0 aliphatic carbocycles. The highest BCUT2D eigenvalue weighted by Crippen LogP contribution is 2.29. The lowest BCUT2D eigenvalue weighted by molar-refractivity contribution is -0.126. The first-order valence-electron chi connectivity index (χ1n) is 8.71. The van der Waals surface area contributed by atoms with Gasteiger partial charge in [-0.25, -0.2) is 12.8 Å². The fourth-order valence-electron chi connectivity index (χ4n) is 3.14. The molecule has 0 bridgehead atoms. The molecule has 1 aliphatic heterocycles. The number of halogens is 1. The van der Waals surface area contributed by atoms with Gasteiger partial charge in [-0.1, -0.05) is 24.3 Å². The molecular weight excluding hydrogens is 381 g/mol. The smallest absolute Gasteiger partial charge is 0.244 e. The molecule has 1 N–H and O–H groups in total. The van der Waals surface area contributed by atoms with Crippen LogP contribution in [-0.4, -0.2) is 30.2 Å². The van der Waals surface area contributed by atoms with Gasteiger partial charge in [-0.3, -0.25) is 4.79 Å². The minimum atomic E-state index is -4.06. The lowest BCUT2D eigenvalue weighted by atomic mass is 9.94. The predicted molar refractivity (Wildman–Crippen MR) is 101 cm³/mol. The lowest BCUT2D eigenvalue weighted by Gasteiger charge is -2.36. The van der Waals surface area contributed by atoms with Crippen molar-refractivity contribution < 1.29 is 17.6 Å². The van der Waals surface area contributed by atoms with Crippen molar-refractivity contribution in [2.75, 3.05) is 0 Å². The minimum absolute atomic E-state index is 0.0148. The minimum Gasteiger partial charge on any atom is -0.337 e. The van der Waals surface area contributed by atoms with Crippen LogP contribution in [0.2, 0.25) is 0 Å². The second-order valence-electron chi connectivity index (χ2n) is 7.22. The van der Waals surface area contributed by atoms with Crippen molar-refractivity contribution in [1.29, 1.82) is 5.26 Å². The first-order valence-corrected chi connectivity index (χ1v) is 10.2. The number of carbonyl (C=O) groups is 1. The molecule has 0 saturated carbocycles. The van der Waals surface area contributed by atoms with Gasteiger partial charge in [0.1, 0.15) is 17.4 Å². The molecule has 0 aromatic heterocycles. The van der Waals surface area contributed by atoms with Crippen LogP contribution in [0.15, 0.2) is 53.4 Å². The van der Waals surface area contributed by atoms with E-state index in [0.717, 1.165) is 27.6 Å². The summed E-state index contributed by atoms with van der Waals surface area (Å²) in [5.41, 5.74) is 0.541. The van der Waals surface area contributed by atoms with Gasteiger partial charge in [0.25, 0.3) is 0 Å². The van der Waals surface area contributed by atoms with E-state index in [4.69, 9.17) is 0 Å². The van der Waals surface area contributed by atoms with Gasteiger partial charge in [0, 0.05) is 6.54 Å². The Kier molecular flexibility index (Phi) is 5.24. The average Bonchev–Trinajstić information content (AvgIpc) is 2.67. The van der Waals surface area contributed by atoms with Crippen LogP contribution < -0.4 is 5.32 Å². The van der Waals surface area contributed by atoms with Gasteiger partial charge in [-0.15, -0.1) is 0 Å². The van der Waals surface area contributed by atoms with Crippen LogP contribution in [-0.2, 0) is 27.8 Å². The summed E-state index contributed by atoms with van der Waals surface area (Å²) in [7, 11) is -4.06. The predicted octanol–water partition coefficient (Wildman–Crippen LogP) is 2.36. The third-order valence-corrected chi connectivity index (χ3v) is 6.51. The largest absolute Gasteiger partial charge is 0.337 e. The molecule has 0 spiro atoms. The zero-order valence-corrected chi connectivity index (χ0v) is 16.3. The number of nitrogens with zero attached hydrogens (tertiary/aromatic N) is 2. The summed E-state index contributed by atoms with van der Waals surface area (Å²) in [6, 6.07) is 12.8. The van der Waals surface area contributed by atoms with Crippen molar-refractivity contribution in [3.63, 3.8) is 0 Å². The number of fused-ring (bicyclic) bond motifs is 1. The van der Waals surface area contributed by atoms with Gasteiger partial charge in [-0.2, -0.15) is 9.57 Å². The Morgan fingerprint density at radius 3 is 2.39 bits per heavy atom. The molecule has 8 heteroatoms. The Morgan fingerprint density at radius 2 is 1.79 bits per heavy atom. The van der Waals surface area contributed by atoms with Crippen LogP contribution in [0, 0.1) is 17.1 Å². The Morgan fingerprint density at radius 1 is 1.18 bits per heavy atom. The summed E-state index contributed by atoms with van der Waals surface area (Å²) in [5, 5.41) is 11.8. The topological polar surface area (TPSA) is 90.3 Å². The van der Waals surface area contributed by atoms with Gasteiger partial charge >= 0.3 is 0 Å². The summed E-state index contributed by atoms with van der Waals surface area (Å²) in [5.74, 6) is -1.10. The molecule has 6 nitrogen and oxygen atoms in total. The third-order valence-electron chi connectivity index (χ3n) is 4.64. The van der Waals surface area contributed by atoms with E-state index in [-0.39, 0.29) is 17.9 Å². The van der Waals surface area contributed by atoms with Crippen molar-refractivity contribution in [2.45, 2.75) is 43.3 Å². The van der Waals surface area contributed by atoms with Crippen molar-refractivity contribution in [3.8, 4) is 6.07 Å². The van der Waals surface area contributed by atoms with Gasteiger partial charge in [-0.05, 0) is 55.7 Å². The molecule has 0 radical (unpaired) electrons. The van der Waals surface area contributed by atoms with Crippen LogP contribution in [0.4, 0.5) is 4.39 Å². The number of nitrogens with one attached hydrogen (secondary N) is 1. The maximum Gasteiger partial charge on any atom is 0.244 e. The molecule has 2 aromatic carbocycles. The third kappa shape index (κ3) is 3.91. The van der Waals surface area contributed by atoms with Crippen LogP contribution in [0.5, 0.6) is 0 Å². The van der Waals surface area contributed by atoms with E-state index in [9.17, 15) is 22.9 Å². The Balaban J connectivity index is 2.03. The van der Waals surface area contributed by atoms with Crippen molar-refractivity contribution in [3.05, 3.63) is 65.5 Å². The summed E-state index contributed by atoms with van der Waals surface area (Å²) >= 11 is 0. The molecule has 3 rings (SSSR count). The number of rotatable bonds is 4. The monoisotopic (exact) mass is 401 g/mol. The summed E-state index contributed by atoms with van der Waals surface area (Å²) in [6.45, 7) is 3.10. The number of nitriles is 1. The van der Waals surface area contributed by atoms with Crippen LogP contribution in [0.3, 0.4) is 0 Å². The highest BCUT2D eigenvalue weighted by Gasteiger charge is 2.40. The molecule has 1 heterocycles. The first kappa shape index (κ1) is 20.0. The highest BCUT2D eigenvalue weighted by atomic mass is 32.2. The Bertz CT molecular complexity index is 1040. The van der Waals surface area contributed by atoms with E-state index in [1.54, 1.807) is 19.9 Å². The number of amides is 1. The Labute approximate surface area is 163 Å². The SMILES string of the molecule is CC(C)(C#N)NC(=O)[C@@H]1Cc2ccccc2CN1S(=O)(=O)c1ccc(F)cc1. The van der Waals surface area contributed by atoms with Crippen molar-refractivity contribution in [1.82, 2.24) is 9.62 Å². The molecule has 1 aliphatic rings. The van der Waals surface area contributed by atoms with E-state index in [1.165, 1.54) is 12.1 Å². The fourth-order valence-corrected chi connectivity index (χ4v) is 4.70. The van der Waals surface area contributed by atoms with Crippen LogP contribution in [0.1, 0.15) is 25.0 Å². The van der Waals surface area contributed by atoms with Gasteiger partial charge < -0.3 is 5.32 Å². The molecule has 146 valence electrons. The van der Waals surface area contributed by atoms with E-state index in [0.29, 0.717) is 0 Å². The summed E-state index contributed by atoms with van der Waals surface area (Å²) in [4.78, 5) is 12.8. The van der Waals surface area contributed by atoms with Crippen molar-refractivity contribution in [2.24, 2.45) is 0 Å². The number of carbonyl (C=O) groups excluding carboxylic acids is 1. The molecular formula is C20H20FN3O3S. The van der Waals surface area contributed by atoms with E-state index >= 15 is 0 Å². The first-order chi connectivity index (χ1) is 13.1. The summed E-state index contributed by atoms with van der Waals surface area (Å²) in [6.07, 6.45) is 0.184. The fraction of sp³-hybridized carbons (Fsp3) is 0.300. The number of hydrogen-bond acceptors (Lipinski definition) is 4. The molecule has 0 unspecified atom stereocenters. The molecule has 1 amide bonds. The zero-order chi connectivity index (χ0) is 20.5. The van der Waals surface area contributed by atoms with Crippen molar-refractivity contribution >= 4 is 15.9 Å². The normalized spacial score (nSPS) is 17.4. The standard InChI is InChI=1S/C20H20FN3O3S/c1-20(2,13-22)23-19(25)18-11-14-5-3-4-6-15(14)12-24(18)28(26,27)17-9-7-16(21)8-10-17/h3-10,18H,11-12H2,1-2H3,(H,23,25)/t18-/m0/s1. The Hall–Kier alpha value is -2.76. The summed E-state index contributed by atoms with van der Waals surface area (Å²) < 4.78 is 40.8. The molecule has 28 heavy (non-hydrogen) atoms. The molecule has 0 fully saturated rings. The van der Waals surface area contributed by atoms with Gasteiger partial charge in [0.2, 0.25) is 15.9 Å². The van der Waals surface area contributed by atoms with Crippen LogP contribution in [0.25, 0.3) is 0 Å². The molecule has 0 saturated heterocycles. The average molecular weight is 401 g/mol. The quantitative estimate of drug-likeness (QED) is 0.852. The number of hydrogen-bond donors (Lipinski definition) is 1. The van der Waals surface area contributed by atoms with E-state index in [1.807, 2.05) is 24.3 Å². The van der Waals surface area contributed by atoms with Gasteiger partial charge in [0.15, 0.2) is 0 Å². The zero-order valence-electron chi connectivity index (χ0n) is 15.5. The second-order valence-corrected chi connectivity index (χ2v) is 9.11. The van der Waals surface area contributed by atoms with E-state index in [2.05, 4.69) is 5.32 Å². The number of benzene rings is 2. The van der Waals surface area contributed by atoms with E-state index < -0.39 is 33.3 Å². The maximum atomic E-state index is 13.2. The second kappa shape index (κ2) is 7.34. The number of sulfonamides is 1. The van der Waals surface area contributed by atoms with Crippen LogP contribution >= 0.6 is 0 Å². The lowest BCUT2D eigenvalue weighted by Crippen LogP contribution is -2.56. The van der Waals surface area contributed by atoms with Gasteiger partial charge in [0.05, 0.1) is 11.0 Å². The maximum absolute atomic E-state index is 13.2. The molecule has 2 aromatic rings.